The van der Waals surface area contributed by atoms with Gasteiger partial charge < -0.3 is 11.1 Å². The number of carbonyl (C=O) groups excluding carboxylic acids is 1. The molecule has 21 heavy (non-hydrogen) atoms. The van der Waals surface area contributed by atoms with Gasteiger partial charge in [-0.25, -0.2) is 4.98 Å². The predicted octanol–water partition coefficient (Wildman–Crippen LogP) is 0.358. The molecular formula is C16H20N4O. The minimum absolute atomic E-state index is 0.139. The number of aromatic nitrogens is 1. The van der Waals surface area contributed by atoms with E-state index in [1.54, 1.807) is 18.3 Å². The Hall–Kier alpha value is -1.90. The Kier molecular flexibility index (Phi) is 4.18. The molecule has 3 N–H and O–H groups in total. The van der Waals surface area contributed by atoms with E-state index in [4.69, 9.17) is 5.73 Å². The lowest BCUT2D eigenvalue weighted by atomic mass is 10.1. The van der Waals surface area contributed by atoms with E-state index in [2.05, 4.69) is 27.0 Å². The van der Waals surface area contributed by atoms with Gasteiger partial charge in [0.1, 0.15) is 5.69 Å². The van der Waals surface area contributed by atoms with Crippen molar-refractivity contribution >= 4 is 5.91 Å². The van der Waals surface area contributed by atoms with Gasteiger partial charge in [-0.1, -0.05) is 11.8 Å². The SMILES string of the molecule is NCC#Cc1cccnc1C(=O)NC1CCN(C2CC2)C1. The molecule has 1 aliphatic carbocycles. The summed E-state index contributed by atoms with van der Waals surface area (Å²) in [6.07, 6.45) is 5.24. The molecule has 1 amide bonds. The van der Waals surface area contributed by atoms with Gasteiger partial charge in [-0.2, -0.15) is 0 Å². The zero-order valence-corrected chi connectivity index (χ0v) is 12.0. The summed E-state index contributed by atoms with van der Waals surface area (Å²) in [7, 11) is 0. The maximum Gasteiger partial charge on any atom is 0.271 e. The first kappa shape index (κ1) is 14.1. The summed E-state index contributed by atoms with van der Waals surface area (Å²) in [5, 5.41) is 3.08. The number of amides is 1. The van der Waals surface area contributed by atoms with Crippen molar-refractivity contribution in [2.75, 3.05) is 19.6 Å². The highest BCUT2D eigenvalue weighted by molar-refractivity contribution is 5.94. The minimum atomic E-state index is -0.139. The number of pyridine rings is 1. The van der Waals surface area contributed by atoms with Crippen LogP contribution in [-0.2, 0) is 0 Å². The summed E-state index contributed by atoms with van der Waals surface area (Å²) < 4.78 is 0. The molecule has 0 radical (unpaired) electrons. The van der Waals surface area contributed by atoms with Gasteiger partial charge in [0, 0.05) is 31.4 Å². The van der Waals surface area contributed by atoms with Crippen LogP contribution in [0.15, 0.2) is 18.3 Å². The van der Waals surface area contributed by atoms with Crippen molar-refractivity contribution in [2.24, 2.45) is 5.73 Å². The van der Waals surface area contributed by atoms with Crippen molar-refractivity contribution in [1.82, 2.24) is 15.2 Å². The fourth-order valence-electron chi connectivity index (χ4n) is 2.76. The van der Waals surface area contributed by atoms with Gasteiger partial charge in [0.15, 0.2) is 0 Å². The van der Waals surface area contributed by atoms with Gasteiger partial charge >= 0.3 is 0 Å². The first-order chi connectivity index (χ1) is 10.3. The molecule has 3 rings (SSSR count). The van der Waals surface area contributed by atoms with Crippen molar-refractivity contribution in [3.8, 4) is 11.8 Å². The van der Waals surface area contributed by atoms with Crippen LogP contribution in [0.1, 0.15) is 35.3 Å². The maximum atomic E-state index is 12.4. The zero-order valence-electron chi connectivity index (χ0n) is 12.0. The lowest BCUT2D eigenvalue weighted by Crippen LogP contribution is -2.38. The number of hydrogen-bond donors (Lipinski definition) is 2. The fourth-order valence-corrected chi connectivity index (χ4v) is 2.76. The van der Waals surface area contributed by atoms with E-state index in [1.165, 1.54) is 12.8 Å². The third kappa shape index (κ3) is 3.41. The summed E-state index contributed by atoms with van der Waals surface area (Å²) in [4.78, 5) is 19.0. The topological polar surface area (TPSA) is 71.2 Å². The second kappa shape index (κ2) is 6.25. The van der Waals surface area contributed by atoms with Crippen LogP contribution in [0.3, 0.4) is 0 Å². The number of likely N-dealkylation sites (tertiary alicyclic amines) is 1. The Morgan fingerprint density at radius 3 is 3.10 bits per heavy atom. The molecule has 1 saturated heterocycles. The van der Waals surface area contributed by atoms with Crippen LogP contribution in [0.25, 0.3) is 0 Å². The molecule has 2 fully saturated rings. The Morgan fingerprint density at radius 2 is 2.33 bits per heavy atom. The largest absolute Gasteiger partial charge is 0.347 e. The highest BCUT2D eigenvalue weighted by Crippen LogP contribution is 2.29. The van der Waals surface area contributed by atoms with Crippen LogP contribution in [0.5, 0.6) is 0 Å². The summed E-state index contributed by atoms with van der Waals surface area (Å²) in [5.41, 5.74) is 6.41. The molecule has 1 atom stereocenters. The molecule has 2 heterocycles. The molecule has 110 valence electrons. The Balaban J connectivity index is 1.65. The van der Waals surface area contributed by atoms with E-state index in [-0.39, 0.29) is 18.5 Å². The van der Waals surface area contributed by atoms with Gasteiger partial charge in [0.05, 0.1) is 12.1 Å². The van der Waals surface area contributed by atoms with Crippen molar-refractivity contribution in [3.63, 3.8) is 0 Å². The van der Waals surface area contributed by atoms with E-state index in [9.17, 15) is 4.79 Å². The summed E-state index contributed by atoms with van der Waals surface area (Å²) in [6.45, 7) is 2.31. The molecule has 1 saturated carbocycles. The van der Waals surface area contributed by atoms with Crippen LogP contribution in [0.2, 0.25) is 0 Å². The molecule has 2 aliphatic rings. The third-order valence-corrected chi connectivity index (χ3v) is 3.97. The number of rotatable bonds is 3. The minimum Gasteiger partial charge on any atom is -0.347 e. The molecule has 5 heteroatoms. The molecule has 0 bridgehead atoms. The van der Waals surface area contributed by atoms with Crippen LogP contribution in [-0.4, -0.2) is 47.5 Å². The van der Waals surface area contributed by atoms with Crippen LogP contribution < -0.4 is 11.1 Å². The summed E-state index contributed by atoms with van der Waals surface area (Å²) in [6, 6.07) is 4.56. The zero-order chi connectivity index (χ0) is 14.7. The number of nitrogens with one attached hydrogen (secondary N) is 1. The normalized spacial score (nSPS) is 21.7. The smallest absolute Gasteiger partial charge is 0.271 e. The van der Waals surface area contributed by atoms with Crippen LogP contribution in [0, 0.1) is 11.8 Å². The van der Waals surface area contributed by atoms with Crippen molar-refractivity contribution in [3.05, 3.63) is 29.6 Å². The van der Waals surface area contributed by atoms with E-state index in [0.717, 1.165) is 25.6 Å². The third-order valence-electron chi connectivity index (χ3n) is 3.97. The highest BCUT2D eigenvalue weighted by Gasteiger charge is 2.35. The molecule has 1 aromatic heterocycles. The Bertz CT molecular complexity index is 585. The van der Waals surface area contributed by atoms with Gasteiger partial charge in [0.25, 0.3) is 5.91 Å². The van der Waals surface area contributed by atoms with Gasteiger partial charge in [0.2, 0.25) is 0 Å². The van der Waals surface area contributed by atoms with Crippen molar-refractivity contribution < 1.29 is 4.79 Å². The van der Waals surface area contributed by atoms with Gasteiger partial charge in [-0.05, 0) is 31.4 Å². The Morgan fingerprint density at radius 1 is 1.48 bits per heavy atom. The summed E-state index contributed by atoms with van der Waals surface area (Å²) >= 11 is 0. The molecule has 0 aromatic carbocycles. The second-order valence-corrected chi connectivity index (χ2v) is 5.59. The standard InChI is InChI=1S/C16H20N4O/c17-8-1-3-12-4-2-9-18-15(12)16(21)19-13-7-10-20(11-13)14-5-6-14/h2,4,9,13-14H,5-8,10-11,17H2,(H,19,21). The van der Waals surface area contributed by atoms with E-state index in [1.807, 2.05) is 0 Å². The molecule has 5 nitrogen and oxygen atoms in total. The van der Waals surface area contributed by atoms with Gasteiger partial charge in [-0.3, -0.25) is 9.69 Å². The average molecular weight is 284 g/mol. The molecule has 1 unspecified atom stereocenters. The van der Waals surface area contributed by atoms with E-state index >= 15 is 0 Å². The predicted molar refractivity (Wildman–Crippen MR) is 80.6 cm³/mol. The molecule has 1 aromatic rings. The number of carbonyl (C=O) groups is 1. The summed E-state index contributed by atoms with van der Waals surface area (Å²) in [5.74, 6) is 5.54. The highest BCUT2D eigenvalue weighted by atomic mass is 16.2. The Labute approximate surface area is 124 Å². The maximum absolute atomic E-state index is 12.4. The number of nitrogens with zero attached hydrogens (tertiary/aromatic N) is 2. The van der Waals surface area contributed by atoms with Crippen LogP contribution >= 0.6 is 0 Å². The second-order valence-electron chi connectivity index (χ2n) is 5.59. The first-order valence-corrected chi connectivity index (χ1v) is 7.47. The molecule has 0 spiro atoms. The monoisotopic (exact) mass is 284 g/mol. The molecule has 1 aliphatic heterocycles. The van der Waals surface area contributed by atoms with E-state index in [0.29, 0.717) is 11.3 Å². The first-order valence-electron chi connectivity index (χ1n) is 7.47. The lowest BCUT2D eigenvalue weighted by molar-refractivity contribution is 0.0932. The van der Waals surface area contributed by atoms with Gasteiger partial charge in [-0.15, -0.1) is 0 Å². The number of hydrogen-bond acceptors (Lipinski definition) is 4. The quantitative estimate of drug-likeness (QED) is 0.786. The molecular weight excluding hydrogens is 264 g/mol. The fraction of sp³-hybridized carbons (Fsp3) is 0.500. The van der Waals surface area contributed by atoms with Crippen molar-refractivity contribution in [1.29, 1.82) is 0 Å². The van der Waals surface area contributed by atoms with Crippen molar-refractivity contribution in [2.45, 2.75) is 31.3 Å². The van der Waals surface area contributed by atoms with E-state index < -0.39 is 0 Å². The van der Waals surface area contributed by atoms with Crippen LogP contribution in [0.4, 0.5) is 0 Å². The lowest BCUT2D eigenvalue weighted by Gasteiger charge is -2.15. The number of nitrogens with two attached hydrogens (primary N) is 1. The average Bonchev–Trinajstić information content (AvgIpc) is 3.26.